The van der Waals surface area contributed by atoms with Crippen molar-refractivity contribution in [3.8, 4) is 5.75 Å². The van der Waals surface area contributed by atoms with Crippen LogP contribution in [0.5, 0.6) is 5.75 Å². The zero-order valence-corrected chi connectivity index (χ0v) is 7.09. The Balaban J connectivity index is 2.27. The van der Waals surface area contributed by atoms with Gasteiger partial charge in [0.25, 0.3) is 0 Å². The Kier molecular flexibility index (Phi) is 1.76. The highest BCUT2D eigenvalue weighted by molar-refractivity contribution is 5.65. The molecule has 1 aromatic carbocycles. The third kappa shape index (κ3) is 1.66. The van der Waals surface area contributed by atoms with Gasteiger partial charge < -0.3 is 16.2 Å². The van der Waals surface area contributed by atoms with E-state index in [1.807, 2.05) is 0 Å². The van der Waals surface area contributed by atoms with Crippen LogP contribution in [0.3, 0.4) is 0 Å². The van der Waals surface area contributed by atoms with Crippen LogP contribution in [-0.2, 0) is 0 Å². The van der Waals surface area contributed by atoms with Gasteiger partial charge in [-0.2, -0.15) is 0 Å². The number of hydrogen-bond acceptors (Lipinski definition) is 3. The Morgan fingerprint density at radius 3 is 2.46 bits per heavy atom. The summed E-state index contributed by atoms with van der Waals surface area (Å²) in [7, 11) is 0. The summed E-state index contributed by atoms with van der Waals surface area (Å²) in [5, 5.41) is 0. The van der Waals surface area contributed by atoms with Crippen molar-refractivity contribution in [1.29, 1.82) is 0 Å². The Morgan fingerprint density at radius 2 is 1.85 bits per heavy atom. The quantitative estimate of drug-likeness (QED) is 0.682. The first-order valence-corrected chi connectivity index (χ1v) is 4.18. The van der Waals surface area contributed by atoms with Crippen molar-refractivity contribution < 1.29 is 9.13 Å². The van der Waals surface area contributed by atoms with Crippen LogP contribution in [0, 0.1) is 5.82 Å². The minimum atomic E-state index is -0.446. The lowest BCUT2D eigenvalue weighted by molar-refractivity contribution is 0.288. The van der Waals surface area contributed by atoms with Crippen molar-refractivity contribution in [3.63, 3.8) is 0 Å². The topological polar surface area (TPSA) is 61.3 Å². The van der Waals surface area contributed by atoms with Crippen molar-refractivity contribution in [2.45, 2.75) is 18.9 Å². The SMILES string of the molecule is Nc1cc(F)c(OC2CC2)cc1N. The normalized spacial score (nSPS) is 15.8. The average Bonchev–Trinajstić information content (AvgIpc) is 2.84. The highest BCUT2D eigenvalue weighted by Crippen LogP contribution is 2.31. The molecule has 4 N–H and O–H groups in total. The monoisotopic (exact) mass is 182 g/mol. The van der Waals surface area contributed by atoms with Crippen LogP contribution >= 0.6 is 0 Å². The number of ether oxygens (including phenoxy) is 1. The van der Waals surface area contributed by atoms with Gasteiger partial charge in [0.15, 0.2) is 11.6 Å². The summed E-state index contributed by atoms with van der Waals surface area (Å²) in [4.78, 5) is 0. The Bertz CT molecular complexity index is 337. The molecule has 0 heterocycles. The zero-order chi connectivity index (χ0) is 9.42. The first-order valence-electron chi connectivity index (χ1n) is 4.18. The molecule has 0 saturated heterocycles. The molecular weight excluding hydrogens is 171 g/mol. The molecule has 0 aromatic heterocycles. The number of halogens is 1. The lowest BCUT2D eigenvalue weighted by atomic mass is 10.2. The number of nitrogen functional groups attached to an aromatic ring is 2. The van der Waals surface area contributed by atoms with Gasteiger partial charge in [-0.05, 0) is 12.8 Å². The van der Waals surface area contributed by atoms with Crippen molar-refractivity contribution in [1.82, 2.24) is 0 Å². The minimum Gasteiger partial charge on any atom is -0.487 e. The van der Waals surface area contributed by atoms with E-state index in [4.69, 9.17) is 16.2 Å². The largest absolute Gasteiger partial charge is 0.487 e. The number of nitrogens with two attached hydrogens (primary N) is 2. The van der Waals surface area contributed by atoms with Gasteiger partial charge in [0.1, 0.15) is 0 Å². The predicted octanol–water partition coefficient (Wildman–Crippen LogP) is 1.53. The second kappa shape index (κ2) is 2.80. The highest BCUT2D eigenvalue weighted by Gasteiger charge is 2.25. The maximum atomic E-state index is 13.2. The number of rotatable bonds is 2. The standard InChI is InChI=1S/C9H11FN2O/c10-6-3-7(11)8(12)4-9(6)13-5-1-2-5/h3-5H,1-2,11-12H2. The number of anilines is 2. The minimum absolute atomic E-state index is 0.164. The van der Waals surface area contributed by atoms with Crippen LogP contribution in [0.15, 0.2) is 12.1 Å². The molecule has 70 valence electrons. The number of benzene rings is 1. The molecule has 1 aromatic rings. The summed E-state index contributed by atoms with van der Waals surface area (Å²) in [5.74, 6) is -0.243. The Labute approximate surface area is 75.5 Å². The molecule has 0 spiro atoms. The maximum absolute atomic E-state index is 13.2. The third-order valence-electron chi connectivity index (χ3n) is 1.96. The second-order valence-corrected chi connectivity index (χ2v) is 3.23. The average molecular weight is 182 g/mol. The van der Waals surface area contributed by atoms with Crippen molar-refractivity contribution in [3.05, 3.63) is 17.9 Å². The van der Waals surface area contributed by atoms with Crippen LogP contribution in [0.2, 0.25) is 0 Å². The van der Waals surface area contributed by atoms with E-state index in [1.54, 1.807) is 0 Å². The fourth-order valence-corrected chi connectivity index (χ4v) is 1.04. The van der Waals surface area contributed by atoms with E-state index < -0.39 is 5.82 Å². The fraction of sp³-hybridized carbons (Fsp3) is 0.333. The first-order chi connectivity index (χ1) is 6.16. The molecule has 1 aliphatic rings. The summed E-state index contributed by atoms with van der Waals surface area (Å²) in [6.45, 7) is 0. The molecule has 0 bridgehead atoms. The van der Waals surface area contributed by atoms with Gasteiger partial charge in [0.05, 0.1) is 17.5 Å². The Morgan fingerprint density at radius 1 is 1.23 bits per heavy atom. The van der Waals surface area contributed by atoms with Gasteiger partial charge in [-0.3, -0.25) is 0 Å². The van der Waals surface area contributed by atoms with Gasteiger partial charge >= 0.3 is 0 Å². The summed E-state index contributed by atoms with van der Waals surface area (Å²) in [6.07, 6.45) is 2.14. The van der Waals surface area contributed by atoms with Crippen molar-refractivity contribution in [2.24, 2.45) is 0 Å². The molecule has 0 radical (unpaired) electrons. The predicted molar refractivity (Wildman–Crippen MR) is 48.9 cm³/mol. The highest BCUT2D eigenvalue weighted by atomic mass is 19.1. The molecule has 0 unspecified atom stereocenters. The van der Waals surface area contributed by atoms with E-state index in [0.717, 1.165) is 12.8 Å². The Hall–Kier alpha value is -1.45. The van der Waals surface area contributed by atoms with Crippen molar-refractivity contribution >= 4 is 11.4 Å². The fourth-order valence-electron chi connectivity index (χ4n) is 1.04. The molecule has 13 heavy (non-hydrogen) atoms. The summed E-state index contributed by atoms with van der Waals surface area (Å²) >= 11 is 0. The van der Waals surface area contributed by atoms with E-state index in [9.17, 15) is 4.39 Å². The molecule has 1 aliphatic carbocycles. The molecule has 3 nitrogen and oxygen atoms in total. The summed E-state index contributed by atoms with van der Waals surface area (Å²) in [5.41, 5.74) is 11.5. The maximum Gasteiger partial charge on any atom is 0.167 e. The summed E-state index contributed by atoms with van der Waals surface area (Å²) < 4.78 is 18.4. The smallest absolute Gasteiger partial charge is 0.167 e. The lowest BCUT2D eigenvalue weighted by Crippen LogP contribution is -2.02. The van der Waals surface area contributed by atoms with Crippen LogP contribution in [0.1, 0.15) is 12.8 Å². The van der Waals surface area contributed by atoms with Crippen molar-refractivity contribution in [2.75, 3.05) is 11.5 Å². The van der Waals surface area contributed by atoms with Gasteiger partial charge in [-0.15, -0.1) is 0 Å². The van der Waals surface area contributed by atoms with E-state index >= 15 is 0 Å². The van der Waals surface area contributed by atoms with Gasteiger partial charge in [0.2, 0.25) is 0 Å². The molecule has 1 saturated carbocycles. The molecule has 2 rings (SSSR count). The van der Waals surface area contributed by atoms with E-state index in [2.05, 4.69) is 0 Å². The van der Waals surface area contributed by atoms with Crippen LogP contribution in [0.4, 0.5) is 15.8 Å². The zero-order valence-electron chi connectivity index (χ0n) is 7.09. The first kappa shape index (κ1) is 8.16. The molecule has 0 amide bonds. The molecule has 4 heteroatoms. The van der Waals surface area contributed by atoms with Gasteiger partial charge in [0, 0.05) is 12.1 Å². The molecule has 0 atom stereocenters. The number of hydrogen-bond donors (Lipinski definition) is 2. The van der Waals surface area contributed by atoms with Crippen LogP contribution in [-0.4, -0.2) is 6.10 Å². The van der Waals surface area contributed by atoms with Crippen LogP contribution < -0.4 is 16.2 Å². The third-order valence-corrected chi connectivity index (χ3v) is 1.96. The molecular formula is C9H11FN2O. The molecule has 0 aliphatic heterocycles. The van der Waals surface area contributed by atoms with E-state index in [0.29, 0.717) is 5.69 Å². The molecule has 1 fully saturated rings. The van der Waals surface area contributed by atoms with Crippen LogP contribution in [0.25, 0.3) is 0 Å². The second-order valence-electron chi connectivity index (χ2n) is 3.23. The van der Waals surface area contributed by atoms with E-state index in [-0.39, 0.29) is 17.5 Å². The van der Waals surface area contributed by atoms with E-state index in [1.165, 1.54) is 12.1 Å². The van der Waals surface area contributed by atoms with Gasteiger partial charge in [-0.1, -0.05) is 0 Å². The lowest BCUT2D eigenvalue weighted by Gasteiger charge is -2.07. The summed E-state index contributed by atoms with van der Waals surface area (Å²) in [6, 6.07) is 2.62. The van der Waals surface area contributed by atoms with Gasteiger partial charge in [-0.25, -0.2) is 4.39 Å².